The number of rotatable bonds is 4. The lowest BCUT2D eigenvalue weighted by atomic mass is 9.44. The second-order valence-electron chi connectivity index (χ2n) is 11.1. The van der Waals surface area contributed by atoms with Crippen LogP contribution in [0.2, 0.25) is 0 Å². The maximum absolute atomic E-state index is 13.1. The van der Waals surface area contributed by atoms with E-state index in [9.17, 15) is 31.2 Å². The summed E-state index contributed by atoms with van der Waals surface area (Å²) < 4.78 is 78.9. The van der Waals surface area contributed by atoms with E-state index >= 15 is 0 Å². The van der Waals surface area contributed by atoms with Crippen LogP contribution < -0.4 is 0 Å². The number of halogens is 3. The van der Waals surface area contributed by atoms with Crippen LogP contribution in [0.25, 0.3) is 0 Å². The molecule has 0 bridgehead atoms. The van der Waals surface area contributed by atoms with Crippen LogP contribution in [0.5, 0.6) is 0 Å². The molecule has 3 saturated carbocycles. The first-order valence-corrected chi connectivity index (χ1v) is 13.6. The standard InChI is InChI=1S/C24H33F3O7S/c1-13(28)32-16-9-10-22(3)15(11-16)5-6-17-18-7-8-20(34-35(30,31)24(25,26)27)23(18,4)21(12-19(17)22)33-14(2)29/h8,15-19,21H,5-7,9-12H2,1-4H3/t15-,16-,17-,18-,19-,21+,22-,23-/m0/s1. The van der Waals surface area contributed by atoms with Crippen molar-refractivity contribution in [2.75, 3.05) is 0 Å². The largest absolute Gasteiger partial charge is 0.534 e. The number of carbonyl (C=O) groups is 2. The molecular formula is C24H33F3O7S. The highest BCUT2D eigenvalue weighted by molar-refractivity contribution is 7.87. The number of fused-ring (bicyclic) bond motifs is 5. The van der Waals surface area contributed by atoms with Gasteiger partial charge in [-0.2, -0.15) is 21.6 Å². The quantitative estimate of drug-likeness (QED) is 0.296. The third-order valence-electron chi connectivity index (χ3n) is 9.33. The summed E-state index contributed by atoms with van der Waals surface area (Å²) in [4.78, 5) is 23.5. The van der Waals surface area contributed by atoms with Gasteiger partial charge in [-0.25, -0.2) is 0 Å². The van der Waals surface area contributed by atoms with Crippen molar-refractivity contribution in [3.05, 3.63) is 11.8 Å². The van der Waals surface area contributed by atoms with Crippen molar-refractivity contribution < 1.29 is 44.8 Å². The molecule has 0 aromatic heterocycles. The Hall–Kier alpha value is -1.78. The zero-order valence-corrected chi connectivity index (χ0v) is 21.2. The average Bonchev–Trinajstić information content (AvgIpc) is 3.04. The Bertz CT molecular complexity index is 1020. The van der Waals surface area contributed by atoms with Gasteiger partial charge < -0.3 is 13.7 Å². The molecule has 0 unspecified atom stereocenters. The number of allylic oxidation sites excluding steroid dienone is 1. The van der Waals surface area contributed by atoms with Crippen LogP contribution in [0.15, 0.2) is 11.8 Å². The molecule has 0 spiro atoms. The van der Waals surface area contributed by atoms with E-state index in [-0.39, 0.29) is 41.0 Å². The van der Waals surface area contributed by atoms with Crippen molar-refractivity contribution in [3.8, 4) is 0 Å². The molecule has 0 aliphatic heterocycles. The Morgan fingerprint density at radius 2 is 1.66 bits per heavy atom. The topological polar surface area (TPSA) is 96.0 Å². The van der Waals surface area contributed by atoms with Gasteiger partial charge in [0, 0.05) is 13.8 Å². The van der Waals surface area contributed by atoms with E-state index in [1.807, 2.05) is 0 Å². The van der Waals surface area contributed by atoms with E-state index in [0.29, 0.717) is 18.8 Å². The van der Waals surface area contributed by atoms with E-state index in [1.54, 1.807) is 6.92 Å². The van der Waals surface area contributed by atoms with Crippen LogP contribution in [0.4, 0.5) is 13.2 Å². The molecule has 3 fully saturated rings. The fraction of sp³-hybridized carbons (Fsp3) is 0.833. The Balaban J connectivity index is 1.64. The monoisotopic (exact) mass is 522 g/mol. The van der Waals surface area contributed by atoms with E-state index in [2.05, 4.69) is 11.1 Å². The lowest BCUT2D eigenvalue weighted by molar-refractivity contribution is -0.188. The van der Waals surface area contributed by atoms with Crippen molar-refractivity contribution in [2.45, 2.75) is 90.4 Å². The highest BCUT2D eigenvalue weighted by Crippen LogP contribution is 2.67. The third-order valence-corrected chi connectivity index (χ3v) is 10.3. The molecule has 8 atom stereocenters. The normalized spacial score (nSPS) is 41.1. The van der Waals surface area contributed by atoms with Crippen LogP contribution in [-0.2, 0) is 33.4 Å². The van der Waals surface area contributed by atoms with E-state index in [4.69, 9.17) is 9.47 Å². The molecule has 0 heterocycles. The molecule has 4 rings (SSSR count). The van der Waals surface area contributed by atoms with E-state index in [1.165, 1.54) is 19.9 Å². The van der Waals surface area contributed by atoms with Crippen LogP contribution in [0, 0.1) is 34.5 Å². The molecule has 0 radical (unpaired) electrons. The molecule has 0 N–H and O–H groups in total. The molecule has 198 valence electrons. The molecule has 0 aromatic rings. The number of esters is 2. The highest BCUT2D eigenvalue weighted by Gasteiger charge is 2.65. The molecule has 11 heteroatoms. The fourth-order valence-electron chi connectivity index (χ4n) is 7.70. The number of hydrogen-bond donors (Lipinski definition) is 0. The Kier molecular flexibility index (Phi) is 6.50. The minimum atomic E-state index is -5.85. The Labute approximate surface area is 203 Å². The minimum Gasteiger partial charge on any atom is -0.463 e. The molecule has 4 aliphatic rings. The maximum atomic E-state index is 13.1. The van der Waals surface area contributed by atoms with Gasteiger partial charge in [-0.1, -0.05) is 6.92 Å². The van der Waals surface area contributed by atoms with E-state index in [0.717, 1.165) is 32.1 Å². The summed E-state index contributed by atoms with van der Waals surface area (Å²) in [5.41, 5.74) is -6.84. The average molecular weight is 523 g/mol. The summed E-state index contributed by atoms with van der Waals surface area (Å²) in [6.45, 7) is 6.53. The van der Waals surface area contributed by atoms with Crippen molar-refractivity contribution >= 4 is 22.1 Å². The van der Waals surface area contributed by atoms with Gasteiger partial charge in [-0.15, -0.1) is 0 Å². The van der Waals surface area contributed by atoms with Crippen molar-refractivity contribution in [3.63, 3.8) is 0 Å². The third kappa shape index (κ3) is 4.35. The molecule has 35 heavy (non-hydrogen) atoms. The van der Waals surface area contributed by atoms with Gasteiger partial charge in [0.2, 0.25) is 0 Å². The summed E-state index contributed by atoms with van der Waals surface area (Å²) in [6, 6.07) is 0. The minimum absolute atomic E-state index is 0.110. The second-order valence-corrected chi connectivity index (χ2v) is 12.6. The first-order valence-electron chi connectivity index (χ1n) is 12.2. The predicted octanol–water partition coefficient (Wildman–Crippen LogP) is 4.86. The van der Waals surface area contributed by atoms with Gasteiger partial charge in [-0.05, 0) is 87.0 Å². The van der Waals surface area contributed by atoms with Crippen LogP contribution in [-0.4, -0.2) is 38.1 Å². The van der Waals surface area contributed by atoms with Gasteiger partial charge in [0.25, 0.3) is 0 Å². The SMILES string of the molecule is CC(=O)O[C@H]1CC[C@@]2(C)[C@@H](CC[C@@H]3[C@@H]2C[C@@H](OC(C)=O)[C@]2(C)C(OS(=O)(=O)C(F)(F)F)=CC[C@@H]32)C1. The summed E-state index contributed by atoms with van der Waals surface area (Å²) in [7, 11) is -5.85. The Morgan fingerprint density at radius 3 is 2.26 bits per heavy atom. The van der Waals surface area contributed by atoms with Gasteiger partial charge in [0.1, 0.15) is 18.0 Å². The van der Waals surface area contributed by atoms with Gasteiger partial charge in [0.15, 0.2) is 0 Å². The van der Waals surface area contributed by atoms with Crippen molar-refractivity contribution in [1.82, 2.24) is 0 Å². The first-order chi connectivity index (χ1) is 16.1. The zero-order valence-electron chi connectivity index (χ0n) is 20.4. The molecule has 0 aromatic carbocycles. The molecular weight excluding hydrogens is 489 g/mol. The van der Waals surface area contributed by atoms with Crippen LogP contribution >= 0.6 is 0 Å². The molecule has 0 amide bonds. The molecule has 0 saturated heterocycles. The summed E-state index contributed by atoms with van der Waals surface area (Å²) >= 11 is 0. The van der Waals surface area contributed by atoms with E-state index < -0.39 is 33.1 Å². The van der Waals surface area contributed by atoms with Crippen LogP contribution in [0.3, 0.4) is 0 Å². The van der Waals surface area contributed by atoms with Gasteiger partial charge in [-0.3, -0.25) is 9.59 Å². The zero-order chi connectivity index (χ0) is 26.0. The lowest BCUT2D eigenvalue weighted by Crippen LogP contribution is -2.59. The number of ether oxygens (including phenoxy) is 2. The highest BCUT2D eigenvalue weighted by atomic mass is 32.2. The second kappa shape index (κ2) is 8.66. The predicted molar refractivity (Wildman–Crippen MR) is 118 cm³/mol. The summed E-state index contributed by atoms with van der Waals surface area (Å²) in [5.74, 6) is -0.815. The summed E-state index contributed by atoms with van der Waals surface area (Å²) in [5, 5.41) is 0. The van der Waals surface area contributed by atoms with Crippen molar-refractivity contribution in [2.24, 2.45) is 34.5 Å². The van der Waals surface area contributed by atoms with Gasteiger partial charge >= 0.3 is 27.6 Å². The first kappa shape index (κ1) is 26.3. The Morgan fingerprint density at radius 1 is 1.00 bits per heavy atom. The van der Waals surface area contributed by atoms with Crippen LogP contribution in [0.1, 0.15) is 72.6 Å². The fourth-order valence-corrected chi connectivity index (χ4v) is 8.28. The molecule has 4 aliphatic carbocycles. The van der Waals surface area contributed by atoms with Crippen molar-refractivity contribution in [1.29, 1.82) is 0 Å². The number of carbonyl (C=O) groups excluding carboxylic acids is 2. The lowest BCUT2D eigenvalue weighted by Gasteiger charge is -2.61. The number of alkyl halides is 3. The number of hydrogen-bond acceptors (Lipinski definition) is 7. The summed E-state index contributed by atoms with van der Waals surface area (Å²) in [6.07, 6.45) is 5.28. The maximum Gasteiger partial charge on any atom is 0.534 e. The smallest absolute Gasteiger partial charge is 0.463 e. The van der Waals surface area contributed by atoms with Gasteiger partial charge in [0.05, 0.1) is 5.41 Å². The molecule has 7 nitrogen and oxygen atoms in total.